The summed E-state index contributed by atoms with van der Waals surface area (Å²) in [5.41, 5.74) is 8.95. The normalized spacial score (nSPS) is 11.5. The van der Waals surface area contributed by atoms with E-state index in [9.17, 15) is 0 Å². The number of aromatic nitrogens is 3. The predicted molar refractivity (Wildman–Crippen MR) is 209 cm³/mol. The first-order chi connectivity index (χ1) is 25.3. The summed E-state index contributed by atoms with van der Waals surface area (Å²) in [6, 6.07) is 61.1. The number of benzene rings is 8. The lowest BCUT2D eigenvalue weighted by Crippen LogP contribution is -2.00. The number of fused-ring (bicyclic) bond motifs is 6. The molecule has 51 heavy (non-hydrogen) atoms. The average Bonchev–Trinajstić information content (AvgIpc) is 3.60. The Bertz CT molecular complexity index is 2910. The monoisotopic (exact) mass is 651 g/mol. The second kappa shape index (κ2) is 11.9. The summed E-state index contributed by atoms with van der Waals surface area (Å²) in [5, 5.41) is 6.93. The Morgan fingerprint density at radius 3 is 1.76 bits per heavy atom. The van der Waals surface area contributed by atoms with E-state index in [4.69, 9.17) is 19.4 Å². The highest BCUT2D eigenvalue weighted by Gasteiger charge is 2.18. The highest BCUT2D eigenvalue weighted by Crippen LogP contribution is 2.38. The smallest absolute Gasteiger partial charge is 0.164 e. The van der Waals surface area contributed by atoms with Crippen LogP contribution in [0.15, 0.2) is 180 Å². The second-order valence-corrected chi connectivity index (χ2v) is 12.8. The Hall–Kier alpha value is -6.91. The van der Waals surface area contributed by atoms with Crippen LogP contribution in [0, 0.1) is 0 Å². The van der Waals surface area contributed by atoms with Gasteiger partial charge in [0, 0.05) is 27.5 Å². The molecule has 0 saturated carbocycles. The van der Waals surface area contributed by atoms with Crippen LogP contribution in [-0.2, 0) is 0 Å². The first kappa shape index (κ1) is 29.0. The summed E-state index contributed by atoms with van der Waals surface area (Å²) in [4.78, 5) is 15.4. The summed E-state index contributed by atoms with van der Waals surface area (Å²) in [5.74, 6) is 1.82. The van der Waals surface area contributed by atoms with Crippen LogP contribution >= 0.6 is 0 Å². The van der Waals surface area contributed by atoms with Gasteiger partial charge >= 0.3 is 0 Å². The molecular formula is C47H29N3O. The van der Waals surface area contributed by atoms with E-state index < -0.39 is 0 Å². The molecule has 0 aliphatic heterocycles. The molecule has 2 aromatic heterocycles. The summed E-state index contributed by atoms with van der Waals surface area (Å²) in [6.07, 6.45) is 0. The van der Waals surface area contributed by atoms with Crippen LogP contribution in [0.5, 0.6) is 0 Å². The number of hydrogen-bond donors (Lipinski definition) is 0. The zero-order valence-corrected chi connectivity index (χ0v) is 27.5. The Morgan fingerprint density at radius 2 is 0.882 bits per heavy atom. The molecule has 2 heterocycles. The minimum atomic E-state index is 0.598. The molecule has 0 amide bonds. The highest BCUT2D eigenvalue weighted by atomic mass is 16.3. The van der Waals surface area contributed by atoms with Gasteiger partial charge in [-0.15, -0.1) is 0 Å². The van der Waals surface area contributed by atoms with Gasteiger partial charge in [0.05, 0.1) is 0 Å². The first-order valence-corrected chi connectivity index (χ1v) is 17.1. The molecule has 0 spiro atoms. The number of furan rings is 1. The lowest BCUT2D eigenvalue weighted by Gasteiger charge is -2.13. The third-order valence-electron chi connectivity index (χ3n) is 9.73. The van der Waals surface area contributed by atoms with E-state index in [2.05, 4.69) is 140 Å². The molecule has 238 valence electrons. The molecule has 0 saturated heterocycles. The van der Waals surface area contributed by atoms with Gasteiger partial charge < -0.3 is 4.42 Å². The van der Waals surface area contributed by atoms with Gasteiger partial charge in [-0.3, -0.25) is 0 Å². The molecule has 0 atom stereocenters. The molecule has 0 N–H and O–H groups in total. The van der Waals surface area contributed by atoms with Gasteiger partial charge in [0.1, 0.15) is 11.2 Å². The maximum atomic E-state index is 6.26. The number of nitrogens with zero attached hydrogens (tertiary/aromatic N) is 3. The SMILES string of the molecule is c1ccc(-c2ccc(-c3nc(-c4cccc(-c5cccc6ccc7ccccc7c56)c4)nc(-c4cccc5oc6ccccc6c45)n3)cc2)cc1. The Balaban J connectivity index is 1.17. The molecule has 0 unspecified atom stereocenters. The van der Waals surface area contributed by atoms with Crippen molar-refractivity contribution in [1.82, 2.24) is 15.0 Å². The van der Waals surface area contributed by atoms with E-state index in [1.807, 2.05) is 36.4 Å². The molecule has 10 aromatic rings. The van der Waals surface area contributed by atoms with Crippen LogP contribution in [0.1, 0.15) is 0 Å². The van der Waals surface area contributed by atoms with Crippen molar-refractivity contribution in [2.45, 2.75) is 0 Å². The molecule has 0 radical (unpaired) electrons. The van der Waals surface area contributed by atoms with E-state index in [0.717, 1.165) is 55.3 Å². The average molecular weight is 652 g/mol. The van der Waals surface area contributed by atoms with E-state index in [1.165, 1.54) is 27.1 Å². The van der Waals surface area contributed by atoms with Crippen LogP contribution in [0.2, 0.25) is 0 Å². The summed E-state index contributed by atoms with van der Waals surface area (Å²) in [6.45, 7) is 0. The molecule has 0 bridgehead atoms. The Labute approximate surface area is 294 Å². The highest BCUT2D eigenvalue weighted by molar-refractivity contribution is 6.14. The quantitative estimate of drug-likeness (QED) is 0.174. The fourth-order valence-corrected chi connectivity index (χ4v) is 7.28. The molecule has 4 nitrogen and oxygen atoms in total. The van der Waals surface area contributed by atoms with Crippen LogP contribution in [0.4, 0.5) is 0 Å². The van der Waals surface area contributed by atoms with Crippen LogP contribution in [0.25, 0.3) is 99.9 Å². The molecule has 4 heteroatoms. The van der Waals surface area contributed by atoms with Gasteiger partial charge in [0.2, 0.25) is 0 Å². The van der Waals surface area contributed by atoms with Crippen LogP contribution < -0.4 is 0 Å². The Kier molecular flexibility index (Phi) is 6.78. The maximum absolute atomic E-state index is 6.26. The van der Waals surface area contributed by atoms with E-state index >= 15 is 0 Å². The lowest BCUT2D eigenvalue weighted by molar-refractivity contribution is 0.669. The van der Waals surface area contributed by atoms with Crippen LogP contribution in [0.3, 0.4) is 0 Å². The zero-order chi connectivity index (χ0) is 33.7. The van der Waals surface area contributed by atoms with E-state index in [0.29, 0.717) is 17.5 Å². The third-order valence-corrected chi connectivity index (χ3v) is 9.73. The molecule has 10 rings (SSSR count). The van der Waals surface area contributed by atoms with Gasteiger partial charge in [0.25, 0.3) is 0 Å². The van der Waals surface area contributed by atoms with E-state index in [-0.39, 0.29) is 0 Å². The van der Waals surface area contributed by atoms with Crippen molar-refractivity contribution in [3.8, 4) is 56.4 Å². The minimum Gasteiger partial charge on any atom is -0.456 e. The summed E-state index contributed by atoms with van der Waals surface area (Å²) in [7, 11) is 0. The molecule has 8 aromatic carbocycles. The summed E-state index contributed by atoms with van der Waals surface area (Å²) < 4.78 is 6.26. The van der Waals surface area contributed by atoms with Gasteiger partial charge in [-0.05, 0) is 62.0 Å². The van der Waals surface area contributed by atoms with Gasteiger partial charge in [-0.25, -0.2) is 15.0 Å². The van der Waals surface area contributed by atoms with Crippen molar-refractivity contribution < 1.29 is 4.42 Å². The number of para-hydroxylation sites is 1. The largest absolute Gasteiger partial charge is 0.456 e. The third kappa shape index (κ3) is 5.04. The predicted octanol–water partition coefficient (Wildman–Crippen LogP) is 12.4. The van der Waals surface area contributed by atoms with Crippen molar-refractivity contribution in [2.75, 3.05) is 0 Å². The Morgan fingerprint density at radius 1 is 0.314 bits per heavy atom. The van der Waals surface area contributed by atoms with Gasteiger partial charge in [-0.2, -0.15) is 0 Å². The molecule has 0 aliphatic rings. The lowest BCUT2D eigenvalue weighted by atomic mass is 9.93. The van der Waals surface area contributed by atoms with Crippen molar-refractivity contribution in [2.24, 2.45) is 0 Å². The maximum Gasteiger partial charge on any atom is 0.164 e. The van der Waals surface area contributed by atoms with Gasteiger partial charge in [0.15, 0.2) is 17.5 Å². The fraction of sp³-hybridized carbons (Fsp3) is 0. The van der Waals surface area contributed by atoms with Crippen molar-refractivity contribution in [3.63, 3.8) is 0 Å². The van der Waals surface area contributed by atoms with Crippen molar-refractivity contribution >= 4 is 43.5 Å². The molecule has 0 fully saturated rings. The molecular weight excluding hydrogens is 623 g/mol. The first-order valence-electron chi connectivity index (χ1n) is 17.1. The fourth-order valence-electron chi connectivity index (χ4n) is 7.28. The number of hydrogen-bond acceptors (Lipinski definition) is 4. The minimum absolute atomic E-state index is 0.598. The second-order valence-electron chi connectivity index (χ2n) is 12.8. The topological polar surface area (TPSA) is 51.8 Å². The summed E-state index contributed by atoms with van der Waals surface area (Å²) >= 11 is 0. The van der Waals surface area contributed by atoms with Crippen molar-refractivity contribution in [3.05, 3.63) is 176 Å². The standard InChI is InChI=1S/C47H29N3O/c1-2-11-30(12-3-1)31-23-27-34(28-24-31)45-48-46(50-47(49-45)40-20-10-22-42-44(40)39-18-6-7-21-41(39)51-42)36-16-8-15-35(29-36)38-19-9-14-33-26-25-32-13-4-5-17-37(32)43(33)38/h1-29H. The molecule has 0 aliphatic carbocycles. The van der Waals surface area contributed by atoms with Gasteiger partial charge in [-0.1, -0.05) is 158 Å². The van der Waals surface area contributed by atoms with Crippen LogP contribution in [-0.4, -0.2) is 15.0 Å². The van der Waals surface area contributed by atoms with E-state index in [1.54, 1.807) is 0 Å². The van der Waals surface area contributed by atoms with Crippen molar-refractivity contribution in [1.29, 1.82) is 0 Å². The zero-order valence-electron chi connectivity index (χ0n) is 27.5. The number of rotatable bonds is 5.